The zero-order chi connectivity index (χ0) is 13.0. The van der Waals surface area contributed by atoms with Gasteiger partial charge in [-0.25, -0.2) is 4.79 Å². The molecule has 1 aromatic rings. The Kier molecular flexibility index (Phi) is 4.20. The molecular formula is C14H21N3O. The highest BCUT2D eigenvalue weighted by molar-refractivity contribution is 5.89. The summed E-state index contributed by atoms with van der Waals surface area (Å²) < 4.78 is 0. The van der Waals surface area contributed by atoms with Gasteiger partial charge in [0.25, 0.3) is 0 Å². The molecule has 98 valence electrons. The smallest absolute Gasteiger partial charge is 0.322 e. The number of hydrogen-bond donors (Lipinski definition) is 2. The molecule has 1 heterocycles. The third-order valence-electron chi connectivity index (χ3n) is 3.52. The van der Waals surface area contributed by atoms with Crippen molar-refractivity contribution in [2.45, 2.75) is 38.8 Å². The minimum absolute atomic E-state index is 0.00789. The first-order valence-electron chi connectivity index (χ1n) is 6.61. The molecule has 1 atom stereocenters. The van der Waals surface area contributed by atoms with Crippen molar-refractivity contribution in [3.63, 3.8) is 0 Å². The lowest BCUT2D eigenvalue weighted by atomic mass is 10.2. The van der Waals surface area contributed by atoms with E-state index in [2.05, 4.69) is 12.2 Å². The molecule has 1 aliphatic rings. The molecule has 0 saturated carbocycles. The molecule has 0 aliphatic carbocycles. The molecule has 2 amide bonds. The third kappa shape index (κ3) is 2.82. The number of anilines is 1. The molecule has 0 spiro atoms. The SMILES string of the molecule is CCC1CCCN1C(=O)Nc1cccc(CN)c1. The summed E-state index contributed by atoms with van der Waals surface area (Å²) in [5.74, 6) is 0. The predicted molar refractivity (Wildman–Crippen MR) is 73.4 cm³/mol. The van der Waals surface area contributed by atoms with Crippen LogP contribution in [-0.2, 0) is 6.54 Å². The molecule has 0 aromatic heterocycles. The lowest BCUT2D eigenvalue weighted by Gasteiger charge is -2.24. The molecule has 0 bridgehead atoms. The van der Waals surface area contributed by atoms with E-state index in [1.165, 1.54) is 0 Å². The highest BCUT2D eigenvalue weighted by Gasteiger charge is 2.27. The number of nitrogens with one attached hydrogen (secondary N) is 1. The Morgan fingerprint density at radius 1 is 1.56 bits per heavy atom. The second-order valence-corrected chi connectivity index (χ2v) is 4.73. The van der Waals surface area contributed by atoms with Crippen LogP contribution in [0.3, 0.4) is 0 Å². The van der Waals surface area contributed by atoms with E-state index in [1.807, 2.05) is 29.2 Å². The Labute approximate surface area is 108 Å². The molecule has 1 saturated heterocycles. The van der Waals surface area contributed by atoms with Crippen molar-refractivity contribution >= 4 is 11.7 Å². The number of hydrogen-bond acceptors (Lipinski definition) is 2. The maximum Gasteiger partial charge on any atom is 0.322 e. The van der Waals surface area contributed by atoms with Crippen molar-refractivity contribution in [2.75, 3.05) is 11.9 Å². The third-order valence-corrected chi connectivity index (χ3v) is 3.52. The van der Waals surface area contributed by atoms with Gasteiger partial charge in [0.05, 0.1) is 0 Å². The van der Waals surface area contributed by atoms with E-state index in [1.54, 1.807) is 0 Å². The summed E-state index contributed by atoms with van der Waals surface area (Å²) in [6.07, 6.45) is 3.25. The highest BCUT2D eigenvalue weighted by atomic mass is 16.2. The topological polar surface area (TPSA) is 58.4 Å². The molecule has 4 nitrogen and oxygen atoms in total. The van der Waals surface area contributed by atoms with Crippen molar-refractivity contribution in [3.05, 3.63) is 29.8 Å². The van der Waals surface area contributed by atoms with Gasteiger partial charge in [-0.15, -0.1) is 0 Å². The van der Waals surface area contributed by atoms with Crippen molar-refractivity contribution in [3.8, 4) is 0 Å². The van der Waals surface area contributed by atoms with Crippen molar-refractivity contribution in [1.29, 1.82) is 0 Å². The van der Waals surface area contributed by atoms with E-state index < -0.39 is 0 Å². The fraction of sp³-hybridized carbons (Fsp3) is 0.500. The number of nitrogens with two attached hydrogens (primary N) is 1. The molecule has 0 radical (unpaired) electrons. The van der Waals surface area contributed by atoms with Gasteiger partial charge in [-0.05, 0) is 37.0 Å². The molecule has 1 aromatic carbocycles. The van der Waals surface area contributed by atoms with Gasteiger partial charge in [0.15, 0.2) is 0 Å². The largest absolute Gasteiger partial charge is 0.326 e. The van der Waals surface area contributed by atoms with Crippen LogP contribution in [-0.4, -0.2) is 23.5 Å². The summed E-state index contributed by atoms with van der Waals surface area (Å²) >= 11 is 0. The van der Waals surface area contributed by atoms with Gasteiger partial charge >= 0.3 is 6.03 Å². The Morgan fingerprint density at radius 3 is 3.11 bits per heavy atom. The standard InChI is InChI=1S/C14H21N3O/c1-2-13-7-4-8-17(13)14(18)16-12-6-3-5-11(9-12)10-15/h3,5-6,9,13H,2,4,7-8,10,15H2,1H3,(H,16,18). The van der Waals surface area contributed by atoms with Crippen LogP contribution in [0.5, 0.6) is 0 Å². The minimum atomic E-state index is 0.00789. The van der Waals surface area contributed by atoms with Crippen LogP contribution in [0.25, 0.3) is 0 Å². The number of amides is 2. The zero-order valence-electron chi connectivity index (χ0n) is 10.9. The number of rotatable bonds is 3. The van der Waals surface area contributed by atoms with Crippen LogP contribution in [0.1, 0.15) is 31.7 Å². The molecule has 1 aliphatic heterocycles. The number of nitrogens with zero attached hydrogens (tertiary/aromatic N) is 1. The van der Waals surface area contributed by atoms with E-state index in [4.69, 9.17) is 5.73 Å². The van der Waals surface area contributed by atoms with E-state index >= 15 is 0 Å². The number of carbonyl (C=O) groups is 1. The van der Waals surface area contributed by atoms with Crippen molar-refractivity contribution in [2.24, 2.45) is 5.73 Å². The quantitative estimate of drug-likeness (QED) is 0.862. The molecule has 2 rings (SSSR count). The normalized spacial score (nSPS) is 19.0. The van der Waals surface area contributed by atoms with Crippen LogP contribution >= 0.6 is 0 Å². The van der Waals surface area contributed by atoms with Crippen molar-refractivity contribution in [1.82, 2.24) is 4.90 Å². The fourth-order valence-corrected chi connectivity index (χ4v) is 2.50. The van der Waals surface area contributed by atoms with Crippen molar-refractivity contribution < 1.29 is 4.79 Å². The Hall–Kier alpha value is -1.55. The van der Waals surface area contributed by atoms with Gasteiger partial charge < -0.3 is 16.0 Å². The van der Waals surface area contributed by atoms with Crippen LogP contribution in [0.2, 0.25) is 0 Å². The summed E-state index contributed by atoms with van der Waals surface area (Å²) in [5.41, 5.74) is 7.44. The van der Waals surface area contributed by atoms with Crippen LogP contribution in [0.15, 0.2) is 24.3 Å². The second kappa shape index (κ2) is 5.87. The number of carbonyl (C=O) groups excluding carboxylic acids is 1. The van der Waals surface area contributed by atoms with Gasteiger partial charge in [0.2, 0.25) is 0 Å². The first-order valence-corrected chi connectivity index (χ1v) is 6.61. The van der Waals surface area contributed by atoms with E-state index in [9.17, 15) is 4.79 Å². The first kappa shape index (κ1) is 12.9. The molecule has 4 heteroatoms. The molecule has 1 unspecified atom stereocenters. The summed E-state index contributed by atoms with van der Waals surface area (Å²) in [7, 11) is 0. The average Bonchev–Trinajstić information content (AvgIpc) is 2.87. The van der Waals surface area contributed by atoms with Crippen LogP contribution in [0, 0.1) is 0 Å². The predicted octanol–water partition coefficient (Wildman–Crippen LogP) is 2.55. The Balaban J connectivity index is 2.02. The van der Waals surface area contributed by atoms with Gasteiger partial charge in [0, 0.05) is 24.8 Å². The van der Waals surface area contributed by atoms with E-state index in [0.717, 1.165) is 37.1 Å². The maximum absolute atomic E-state index is 12.2. The van der Waals surface area contributed by atoms with Gasteiger partial charge in [-0.2, -0.15) is 0 Å². The monoisotopic (exact) mass is 247 g/mol. The van der Waals surface area contributed by atoms with Crippen LogP contribution in [0.4, 0.5) is 10.5 Å². The summed E-state index contributed by atoms with van der Waals surface area (Å²) in [6, 6.07) is 8.10. The maximum atomic E-state index is 12.2. The Morgan fingerprint density at radius 2 is 2.39 bits per heavy atom. The van der Waals surface area contributed by atoms with Gasteiger partial charge in [-0.1, -0.05) is 19.1 Å². The highest BCUT2D eigenvalue weighted by Crippen LogP contribution is 2.21. The summed E-state index contributed by atoms with van der Waals surface area (Å²) in [6.45, 7) is 3.48. The average molecular weight is 247 g/mol. The van der Waals surface area contributed by atoms with E-state index in [-0.39, 0.29) is 6.03 Å². The number of urea groups is 1. The van der Waals surface area contributed by atoms with Gasteiger partial charge in [-0.3, -0.25) is 0 Å². The molecule has 1 fully saturated rings. The van der Waals surface area contributed by atoms with Crippen LogP contribution < -0.4 is 11.1 Å². The minimum Gasteiger partial charge on any atom is -0.326 e. The lowest BCUT2D eigenvalue weighted by molar-refractivity contribution is 0.205. The Bertz CT molecular complexity index is 419. The molecular weight excluding hydrogens is 226 g/mol. The number of benzene rings is 1. The zero-order valence-corrected chi connectivity index (χ0v) is 10.9. The second-order valence-electron chi connectivity index (χ2n) is 4.73. The molecule has 3 N–H and O–H groups in total. The summed E-state index contributed by atoms with van der Waals surface area (Å²) in [4.78, 5) is 14.1. The molecule has 18 heavy (non-hydrogen) atoms. The first-order chi connectivity index (χ1) is 8.74. The summed E-state index contributed by atoms with van der Waals surface area (Å²) in [5, 5.41) is 2.95. The number of likely N-dealkylation sites (tertiary alicyclic amines) is 1. The van der Waals surface area contributed by atoms with Gasteiger partial charge in [0.1, 0.15) is 0 Å². The fourth-order valence-electron chi connectivity index (χ4n) is 2.50. The lowest BCUT2D eigenvalue weighted by Crippen LogP contribution is -2.38. The van der Waals surface area contributed by atoms with E-state index in [0.29, 0.717) is 12.6 Å².